The molecule has 2 heterocycles. The molecule has 1 atom stereocenters. The molecule has 2 aliphatic carbocycles. The lowest BCUT2D eigenvalue weighted by molar-refractivity contribution is -0.149. The summed E-state index contributed by atoms with van der Waals surface area (Å²) in [4.78, 5) is 21.5. The fourth-order valence-electron chi connectivity index (χ4n) is 5.26. The molecule has 2 fully saturated rings. The molecule has 4 rings (SSSR count). The van der Waals surface area contributed by atoms with Gasteiger partial charge >= 0.3 is 0 Å². The summed E-state index contributed by atoms with van der Waals surface area (Å²) in [6, 6.07) is 0.781. The van der Waals surface area contributed by atoms with Gasteiger partial charge in [-0.2, -0.15) is 5.10 Å². The molecular weight excluding hydrogens is 352 g/mol. The largest absolute Gasteiger partial charge is 0.382 e. The first-order valence-electron chi connectivity index (χ1n) is 11.3. The van der Waals surface area contributed by atoms with Gasteiger partial charge in [-0.3, -0.25) is 9.48 Å². The van der Waals surface area contributed by atoms with Gasteiger partial charge in [-0.15, -0.1) is 0 Å². The minimum atomic E-state index is -0.469. The summed E-state index contributed by atoms with van der Waals surface area (Å²) in [7, 11) is 0. The molecule has 28 heavy (non-hydrogen) atoms. The molecule has 0 saturated heterocycles. The average molecular weight is 387 g/mol. The lowest BCUT2D eigenvalue weighted by atomic mass is 9.88. The molecule has 0 bridgehead atoms. The number of hydrogen-bond acceptors (Lipinski definition) is 4. The van der Waals surface area contributed by atoms with E-state index in [2.05, 4.69) is 29.0 Å². The van der Waals surface area contributed by atoms with Crippen molar-refractivity contribution in [2.75, 3.05) is 0 Å². The Bertz CT molecular complexity index is 696. The fraction of sp³-hybridized carbons (Fsp3) is 0.773. The Hall–Kier alpha value is -1.85. The van der Waals surface area contributed by atoms with E-state index in [-0.39, 0.29) is 5.91 Å². The van der Waals surface area contributed by atoms with E-state index in [1.807, 2.05) is 10.9 Å². The van der Waals surface area contributed by atoms with E-state index in [0.717, 1.165) is 49.2 Å². The van der Waals surface area contributed by atoms with E-state index in [1.54, 1.807) is 0 Å². The maximum Gasteiger partial charge on any atom is 0.267 e. The molecule has 0 spiro atoms. The second-order valence-corrected chi connectivity index (χ2v) is 8.62. The van der Waals surface area contributed by atoms with Gasteiger partial charge in [-0.05, 0) is 39.5 Å². The number of rotatable bonds is 5. The SMILES string of the molecule is CCn1ncc(C2=NO[C@@H](C(=O)N(C3CCCCC3)C3CCCCC3)C2)c1C. The van der Waals surface area contributed by atoms with Crippen molar-refractivity contribution in [1.82, 2.24) is 14.7 Å². The van der Waals surface area contributed by atoms with Crippen molar-refractivity contribution in [3.8, 4) is 0 Å². The van der Waals surface area contributed by atoms with Gasteiger partial charge in [0.15, 0.2) is 0 Å². The summed E-state index contributed by atoms with van der Waals surface area (Å²) < 4.78 is 1.96. The average Bonchev–Trinajstić information content (AvgIpc) is 3.36. The normalized spacial score (nSPS) is 24.1. The Morgan fingerprint density at radius 3 is 2.25 bits per heavy atom. The number of nitrogens with zero attached hydrogens (tertiary/aromatic N) is 4. The van der Waals surface area contributed by atoms with Crippen molar-refractivity contribution in [3.05, 3.63) is 17.5 Å². The topological polar surface area (TPSA) is 59.7 Å². The zero-order valence-electron chi connectivity index (χ0n) is 17.4. The molecule has 2 saturated carbocycles. The van der Waals surface area contributed by atoms with Crippen molar-refractivity contribution >= 4 is 11.6 Å². The Morgan fingerprint density at radius 2 is 1.71 bits per heavy atom. The number of hydrogen-bond donors (Lipinski definition) is 0. The van der Waals surface area contributed by atoms with Crippen molar-refractivity contribution in [2.24, 2.45) is 5.16 Å². The van der Waals surface area contributed by atoms with Crippen LogP contribution in [0.25, 0.3) is 0 Å². The van der Waals surface area contributed by atoms with Crippen LogP contribution >= 0.6 is 0 Å². The number of carbonyl (C=O) groups excluding carboxylic acids is 1. The molecular formula is C22H34N4O2. The molecule has 154 valence electrons. The second kappa shape index (κ2) is 8.66. The molecule has 6 heteroatoms. The Kier molecular flexibility index (Phi) is 6.02. The van der Waals surface area contributed by atoms with E-state index < -0.39 is 6.10 Å². The predicted molar refractivity (Wildman–Crippen MR) is 109 cm³/mol. The van der Waals surface area contributed by atoms with E-state index in [0.29, 0.717) is 18.5 Å². The minimum Gasteiger partial charge on any atom is -0.382 e. The Morgan fingerprint density at radius 1 is 1.11 bits per heavy atom. The Balaban J connectivity index is 1.48. The maximum absolute atomic E-state index is 13.6. The van der Waals surface area contributed by atoms with Crippen LogP contribution in [0, 0.1) is 6.92 Å². The monoisotopic (exact) mass is 386 g/mol. The summed E-state index contributed by atoms with van der Waals surface area (Å²) >= 11 is 0. The number of oxime groups is 1. The predicted octanol–water partition coefficient (Wildman–Crippen LogP) is 4.20. The quantitative estimate of drug-likeness (QED) is 0.762. The molecule has 0 radical (unpaired) electrons. The van der Waals surface area contributed by atoms with Crippen LogP contribution in [0.2, 0.25) is 0 Å². The van der Waals surface area contributed by atoms with Crippen LogP contribution in [0.3, 0.4) is 0 Å². The highest BCUT2D eigenvalue weighted by molar-refractivity contribution is 6.04. The minimum absolute atomic E-state index is 0.165. The summed E-state index contributed by atoms with van der Waals surface area (Å²) in [5.41, 5.74) is 2.97. The van der Waals surface area contributed by atoms with Gasteiger partial charge in [-0.1, -0.05) is 43.7 Å². The zero-order chi connectivity index (χ0) is 19.5. The first kappa shape index (κ1) is 19.5. The second-order valence-electron chi connectivity index (χ2n) is 8.62. The van der Waals surface area contributed by atoms with Crippen LogP contribution in [-0.2, 0) is 16.2 Å². The van der Waals surface area contributed by atoms with Gasteiger partial charge < -0.3 is 9.74 Å². The fourth-order valence-corrected chi connectivity index (χ4v) is 5.26. The third kappa shape index (κ3) is 3.83. The van der Waals surface area contributed by atoms with Gasteiger partial charge in [-0.25, -0.2) is 0 Å². The highest BCUT2D eigenvalue weighted by Gasteiger charge is 2.39. The molecule has 0 N–H and O–H groups in total. The number of amides is 1. The van der Waals surface area contributed by atoms with Gasteiger partial charge in [0.1, 0.15) is 0 Å². The summed E-state index contributed by atoms with van der Waals surface area (Å²) in [6.07, 6.45) is 14.1. The summed E-state index contributed by atoms with van der Waals surface area (Å²) in [6.45, 7) is 4.97. The van der Waals surface area contributed by atoms with Gasteiger partial charge in [0.05, 0.1) is 11.9 Å². The molecule has 0 unspecified atom stereocenters. The van der Waals surface area contributed by atoms with Gasteiger partial charge in [0.25, 0.3) is 5.91 Å². The van der Waals surface area contributed by atoms with Crippen molar-refractivity contribution < 1.29 is 9.63 Å². The van der Waals surface area contributed by atoms with Crippen LogP contribution in [0.15, 0.2) is 11.4 Å². The molecule has 0 aromatic carbocycles. The van der Waals surface area contributed by atoms with Crippen LogP contribution in [0.5, 0.6) is 0 Å². The first-order valence-corrected chi connectivity index (χ1v) is 11.3. The molecule has 1 amide bonds. The molecule has 6 nitrogen and oxygen atoms in total. The third-order valence-corrected chi connectivity index (χ3v) is 6.85. The maximum atomic E-state index is 13.6. The molecule has 1 aromatic rings. The van der Waals surface area contributed by atoms with E-state index in [4.69, 9.17) is 4.84 Å². The van der Waals surface area contributed by atoms with Gasteiger partial charge in [0.2, 0.25) is 6.10 Å². The Labute approximate surface area is 168 Å². The molecule has 1 aliphatic heterocycles. The van der Waals surface area contributed by atoms with Crippen molar-refractivity contribution in [2.45, 2.75) is 109 Å². The summed E-state index contributed by atoms with van der Waals surface area (Å²) in [5.74, 6) is 0.165. The summed E-state index contributed by atoms with van der Waals surface area (Å²) in [5, 5.41) is 8.72. The van der Waals surface area contributed by atoms with E-state index >= 15 is 0 Å². The molecule has 1 aromatic heterocycles. The standard InChI is InChI=1S/C22H34N4O2/c1-3-25-16(2)19(15-23-25)20-14-21(28-24-20)22(27)26(17-10-6-4-7-11-17)18-12-8-5-9-13-18/h15,17-18,21H,3-14H2,1-2H3/t21-/m1/s1. The number of aromatic nitrogens is 2. The van der Waals surface area contributed by atoms with Crippen LogP contribution in [0.1, 0.15) is 88.8 Å². The van der Waals surface area contributed by atoms with Gasteiger partial charge in [0, 0.05) is 36.3 Å². The van der Waals surface area contributed by atoms with Crippen molar-refractivity contribution in [3.63, 3.8) is 0 Å². The zero-order valence-corrected chi connectivity index (χ0v) is 17.4. The highest BCUT2D eigenvalue weighted by Crippen LogP contribution is 2.32. The first-order chi connectivity index (χ1) is 13.7. The van der Waals surface area contributed by atoms with E-state index in [1.165, 1.54) is 38.5 Å². The number of aryl methyl sites for hydroxylation is 1. The smallest absolute Gasteiger partial charge is 0.267 e. The third-order valence-electron chi connectivity index (χ3n) is 6.85. The lowest BCUT2D eigenvalue weighted by Gasteiger charge is -2.42. The number of carbonyl (C=O) groups is 1. The molecule has 3 aliphatic rings. The van der Waals surface area contributed by atoms with Crippen LogP contribution in [-0.4, -0.2) is 44.5 Å². The highest BCUT2D eigenvalue weighted by atomic mass is 16.6. The van der Waals surface area contributed by atoms with E-state index in [9.17, 15) is 4.79 Å². The van der Waals surface area contributed by atoms with Crippen LogP contribution < -0.4 is 0 Å². The van der Waals surface area contributed by atoms with Crippen LogP contribution in [0.4, 0.5) is 0 Å². The van der Waals surface area contributed by atoms with Crippen molar-refractivity contribution in [1.29, 1.82) is 0 Å². The lowest BCUT2D eigenvalue weighted by Crippen LogP contribution is -2.52.